The third-order valence-corrected chi connectivity index (χ3v) is 4.68. The molecule has 6 nitrogen and oxygen atoms in total. The highest BCUT2D eigenvalue weighted by atomic mass is 35.5. The maximum atomic E-state index is 9.49. The van der Waals surface area contributed by atoms with E-state index in [0.717, 1.165) is 40.8 Å². The van der Waals surface area contributed by atoms with E-state index in [1.54, 1.807) is 22.7 Å². The number of phenols is 1. The Morgan fingerprint density at radius 3 is 3.05 bits per heavy atom. The molecule has 0 amide bonds. The van der Waals surface area contributed by atoms with Crippen molar-refractivity contribution in [1.82, 2.24) is 19.8 Å². The summed E-state index contributed by atoms with van der Waals surface area (Å²) >= 11 is 7.37. The molecule has 1 aliphatic rings. The van der Waals surface area contributed by atoms with Gasteiger partial charge in [-0.3, -0.25) is 0 Å². The maximum Gasteiger partial charge on any atom is 0.235 e. The predicted molar refractivity (Wildman–Crippen MR) is 78.7 cm³/mol. The fourth-order valence-corrected chi connectivity index (χ4v) is 3.39. The number of phenolic OH excluding ortho intramolecular Hbond substituents is 1. The van der Waals surface area contributed by atoms with Gasteiger partial charge in [0.2, 0.25) is 4.96 Å². The minimum atomic E-state index is -0.0293. The zero-order valence-corrected chi connectivity index (χ0v) is 12.4. The summed E-state index contributed by atoms with van der Waals surface area (Å²) in [6, 6.07) is 5.02. The van der Waals surface area contributed by atoms with Gasteiger partial charge in [0.25, 0.3) is 0 Å². The molecule has 108 valence electrons. The Hall–Kier alpha value is -1.70. The number of fused-ring (bicyclic) bond motifs is 1. The lowest BCUT2D eigenvalue weighted by atomic mass is 10.2. The third kappa shape index (κ3) is 2.17. The number of rotatable bonds is 2. The molecule has 1 unspecified atom stereocenters. The molecular weight excluding hydrogens is 312 g/mol. The molecule has 1 aromatic carbocycles. The summed E-state index contributed by atoms with van der Waals surface area (Å²) in [7, 11) is 0. The van der Waals surface area contributed by atoms with E-state index in [2.05, 4.69) is 15.3 Å². The quantitative estimate of drug-likeness (QED) is 0.785. The summed E-state index contributed by atoms with van der Waals surface area (Å²) in [5.41, 5.74) is 0.839. The molecule has 1 atom stereocenters. The first-order chi connectivity index (χ1) is 10.2. The van der Waals surface area contributed by atoms with Crippen molar-refractivity contribution in [2.24, 2.45) is 0 Å². The van der Waals surface area contributed by atoms with Crippen molar-refractivity contribution < 1.29 is 9.84 Å². The molecule has 1 aliphatic heterocycles. The number of aromatic hydroxyl groups is 1. The topological polar surface area (TPSA) is 72.5 Å². The van der Waals surface area contributed by atoms with E-state index in [1.165, 1.54) is 11.3 Å². The summed E-state index contributed by atoms with van der Waals surface area (Å²) < 4.78 is 7.38. The van der Waals surface area contributed by atoms with Gasteiger partial charge < -0.3 is 9.84 Å². The highest BCUT2D eigenvalue weighted by Crippen LogP contribution is 2.33. The van der Waals surface area contributed by atoms with Gasteiger partial charge in [-0.25, -0.2) is 0 Å². The van der Waals surface area contributed by atoms with Crippen LogP contribution in [0.2, 0.25) is 5.02 Å². The number of halogens is 1. The van der Waals surface area contributed by atoms with Gasteiger partial charge in [0, 0.05) is 12.2 Å². The standard InChI is InChI=1S/C13H11ClN4O2S/c14-8-6-7(3-4-9(8)19)12-17-18-11(10-2-1-5-20-10)15-16-13(18)21-12/h3-4,6,10,19H,1-2,5H2. The summed E-state index contributed by atoms with van der Waals surface area (Å²) in [5.74, 6) is 0.804. The van der Waals surface area contributed by atoms with E-state index in [-0.39, 0.29) is 11.9 Å². The number of aromatic nitrogens is 4. The SMILES string of the molecule is Oc1ccc(-c2nn3c(C4CCCO4)nnc3s2)cc1Cl. The molecule has 2 aromatic heterocycles. The Morgan fingerprint density at radius 2 is 2.29 bits per heavy atom. The Labute approximate surface area is 129 Å². The maximum absolute atomic E-state index is 9.49. The number of hydrogen-bond acceptors (Lipinski definition) is 6. The van der Waals surface area contributed by atoms with Gasteiger partial charge in [-0.05, 0) is 31.0 Å². The molecule has 21 heavy (non-hydrogen) atoms. The lowest BCUT2D eigenvalue weighted by Gasteiger charge is -2.04. The fourth-order valence-electron chi connectivity index (χ4n) is 2.37. The lowest BCUT2D eigenvalue weighted by Crippen LogP contribution is -2.03. The van der Waals surface area contributed by atoms with Crippen molar-refractivity contribution in [2.75, 3.05) is 6.61 Å². The molecule has 4 rings (SSSR count). The minimum Gasteiger partial charge on any atom is -0.506 e. The van der Waals surface area contributed by atoms with Crippen LogP contribution in [0.3, 0.4) is 0 Å². The van der Waals surface area contributed by atoms with Gasteiger partial charge in [-0.1, -0.05) is 22.9 Å². The van der Waals surface area contributed by atoms with Gasteiger partial charge in [0.1, 0.15) is 16.9 Å². The first kappa shape index (κ1) is 13.0. The van der Waals surface area contributed by atoms with Crippen molar-refractivity contribution in [1.29, 1.82) is 0 Å². The second-order valence-electron chi connectivity index (χ2n) is 4.83. The van der Waals surface area contributed by atoms with Crippen LogP contribution in [0.1, 0.15) is 24.8 Å². The van der Waals surface area contributed by atoms with E-state index in [9.17, 15) is 5.11 Å². The van der Waals surface area contributed by atoms with Crippen LogP contribution in [0.15, 0.2) is 18.2 Å². The van der Waals surface area contributed by atoms with Gasteiger partial charge in [0.05, 0.1) is 5.02 Å². The number of benzene rings is 1. The van der Waals surface area contributed by atoms with Crippen LogP contribution < -0.4 is 0 Å². The van der Waals surface area contributed by atoms with Gasteiger partial charge in [-0.15, -0.1) is 10.2 Å². The van der Waals surface area contributed by atoms with Crippen LogP contribution in [0.5, 0.6) is 5.75 Å². The Balaban J connectivity index is 1.78. The number of ether oxygens (including phenoxy) is 1. The Bertz CT molecular complexity index is 810. The molecule has 0 saturated carbocycles. The van der Waals surface area contributed by atoms with Crippen molar-refractivity contribution in [3.05, 3.63) is 29.0 Å². The summed E-state index contributed by atoms with van der Waals surface area (Å²) in [5, 5.41) is 23.4. The molecule has 0 spiro atoms. The normalized spacial score (nSPS) is 18.6. The molecule has 0 radical (unpaired) electrons. The van der Waals surface area contributed by atoms with E-state index in [1.807, 2.05) is 0 Å². The molecular formula is C13H11ClN4O2S. The van der Waals surface area contributed by atoms with Crippen molar-refractivity contribution in [2.45, 2.75) is 18.9 Å². The predicted octanol–water partition coefficient (Wildman–Crippen LogP) is 3.06. The Morgan fingerprint density at radius 1 is 1.38 bits per heavy atom. The second-order valence-corrected chi connectivity index (χ2v) is 6.19. The largest absolute Gasteiger partial charge is 0.506 e. The van der Waals surface area contributed by atoms with Crippen LogP contribution in [-0.4, -0.2) is 31.5 Å². The minimum absolute atomic E-state index is 0.0293. The number of nitrogens with zero attached hydrogens (tertiary/aromatic N) is 4. The van der Waals surface area contributed by atoms with Crippen LogP contribution in [0.4, 0.5) is 0 Å². The average Bonchev–Trinajstić information content (AvgIpc) is 3.16. The fraction of sp³-hybridized carbons (Fsp3) is 0.308. The van der Waals surface area contributed by atoms with Crippen molar-refractivity contribution in [3.63, 3.8) is 0 Å². The first-order valence-corrected chi connectivity index (χ1v) is 7.74. The highest BCUT2D eigenvalue weighted by Gasteiger charge is 2.25. The summed E-state index contributed by atoms with van der Waals surface area (Å²) in [4.78, 5) is 0.722. The molecule has 0 aliphatic carbocycles. The van der Waals surface area contributed by atoms with Crippen molar-refractivity contribution in [3.8, 4) is 16.3 Å². The summed E-state index contributed by atoms with van der Waals surface area (Å²) in [6.07, 6.45) is 1.95. The van der Waals surface area contributed by atoms with Gasteiger partial charge >= 0.3 is 0 Å². The zero-order chi connectivity index (χ0) is 14.4. The van der Waals surface area contributed by atoms with E-state index in [4.69, 9.17) is 16.3 Å². The van der Waals surface area contributed by atoms with E-state index in [0.29, 0.717) is 5.02 Å². The average molecular weight is 323 g/mol. The molecule has 3 aromatic rings. The monoisotopic (exact) mass is 322 g/mol. The number of hydrogen-bond donors (Lipinski definition) is 1. The lowest BCUT2D eigenvalue weighted by molar-refractivity contribution is 0.103. The molecule has 1 fully saturated rings. The van der Waals surface area contributed by atoms with Crippen LogP contribution >= 0.6 is 22.9 Å². The zero-order valence-electron chi connectivity index (χ0n) is 10.9. The molecule has 1 N–H and O–H groups in total. The molecule has 3 heterocycles. The first-order valence-electron chi connectivity index (χ1n) is 6.55. The highest BCUT2D eigenvalue weighted by molar-refractivity contribution is 7.19. The molecule has 8 heteroatoms. The smallest absolute Gasteiger partial charge is 0.235 e. The van der Waals surface area contributed by atoms with E-state index < -0.39 is 0 Å². The van der Waals surface area contributed by atoms with Crippen molar-refractivity contribution >= 4 is 27.9 Å². The van der Waals surface area contributed by atoms with E-state index >= 15 is 0 Å². The van der Waals surface area contributed by atoms with Crippen LogP contribution in [-0.2, 0) is 4.74 Å². The molecule has 1 saturated heterocycles. The third-order valence-electron chi connectivity index (χ3n) is 3.43. The second kappa shape index (κ2) is 4.94. The van der Waals surface area contributed by atoms with Crippen LogP contribution in [0.25, 0.3) is 15.5 Å². The van der Waals surface area contributed by atoms with Gasteiger partial charge in [-0.2, -0.15) is 9.61 Å². The summed E-state index contributed by atoms with van der Waals surface area (Å²) in [6.45, 7) is 0.754. The molecule has 0 bridgehead atoms. The Kier molecular flexibility index (Phi) is 3.06. The van der Waals surface area contributed by atoms with Crippen LogP contribution in [0, 0.1) is 0 Å². The van der Waals surface area contributed by atoms with Gasteiger partial charge in [0.15, 0.2) is 5.82 Å².